The fourth-order valence-electron chi connectivity index (χ4n) is 2.43. The third-order valence-corrected chi connectivity index (χ3v) is 3.96. The van der Waals surface area contributed by atoms with Gasteiger partial charge in [-0.3, -0.25) is 19.6 Å². The van der Waals surface area contributed by atoms with Gasteiger partial charge in [0.25, 0.3) is 11.6 Å². The van der Waals surface area contributed by atoms with Crippen LogP contribution in [0.15, 0.2) is 48.5 Å². The number of hydrogen-bond donors (Lipinski definition) is 1. The van der Waals surface area contributed by atoms with Crippen molar-refractivity contribution < 1.29 is 14.5 Å². The summed E-state index contributed by atoms with van der Waals surface area (Å²) in [4.78, 5) is 23.1. The zero-order valence-corrected chi connectivity index (χ0v) is 15.1. The predicted octanol–water partition coefficient (Wildman–Crippen LogP) is 3.99. The zero-order valence-electron chi connectivity index (χ0n) is 15.1. The van der Waals surface area contributed by atoms with Crippen molar-refractivity contribution >= 4 is 17.3 Å². The molecule has 1 aromatic heterocycles. The summed E-state index contributed by atoms with van der Waals surface area (Å²) >= 11 is 0. The number of hydrogen-bond acceptors (Lipinski definition) is 5. The molecular formula is C19H18N4O4. The van der Waals surface area contributed by atoms with E-state index in [1.807, 2.05) is 26.0 Å². The van der Waals surface area contributed by atoms with Gasteiger partial charge in [-0.2, -0.15) is 5.10 Å². The van der Waals surface area contributed by atoms with E-state index in [2.05, 4.69) is 10.4 Å². The Hall–Kier alpha value is -3.68. The number of nitrogens with zero attached hydrogens (tertiary/aromatic N) is 3. The molecule has 0 aliphatic heterocycles. The van der Waals surface area contributed by atoms with E-state index in [9.17, 15) is 14.9 Å². The molecule has 8 heteroatoms. The van der Waals surface area contributed by atoms with Gasteiger partial charge in [0.05, 0.1) is 16.7 Å². The molecule has 2 aromatic carbocycles. The molecule has 3 rings (SSSR count). The number of carbonyl (C=O) groups excluding carboxylic acids is 1. The summed E-state index contributed by atoms with van der Waals surface area (Å²) in [5, 5.41) is 18.0. The number of rotatable bonds is 5. The molecule has 0 saturated carbocycles. The van der Waals surface area contributed by atoms with Crippen molar-refractivity contribution in [3.05, 3.63) is 75.6 Å². The second-order valence-corrected chi connectivity index (χ2v) is 6.14. The molecule has 0 bridgehead atoms. The quantitative estimate of drug-likeness (QED) is 0.544. The Morgan fingerprint density at radius 3 is 2.41 bits per heavy atom. The highest BCUT2D eigenvalue weighted by molar-refractivity contribution is 6.03. The van der Waals surface area contributed by atoms with Crippen LogP contribution in [0.4, 0.5) is 11.4 Å². The maximum atomic E-state index is 12.4. The fourth-order valence-corrected chi connectivity index (χ4v) is 2.43. The lowest BCUT2D eigenvalue weighted by atomic mass is 10.2. The summed E-state index contributed by atoms with van der Waals surface area (Å²) in [6.07, 6.45) is 0. The lowest BCUT2D eigenvalue weighted by Crippen LogP contribution is -2.13. The summed E-state index contributed by atoms with van der Waals surface area (Å²) < 4.78 is 7.28. The number of amides is 1. The van der Waals surface area contributed by atoms with E-state index in [1.165, 1.54) is 18.2 Å². The number of aromatic nitrogens is 2. The van der Waals surface area contributed by atoms with E-state index in [1.54, 1.807) is 29.9 Å². The Balaban J connectivity index is 1.87. The Morgan fingerprint density at radius 1 is 1.11 bits per heavy atom. The second kappa shape index (κ2) is 7.28. The van der Waals surface area contributed by atoms with Gasteiger partial charge in [0, 0.05) is 24.9 Å². The van der Waals surface area contributed by atoms with Gasteiger partial charge in [0.1, 0.15) is 11.5 Å². The Bertz CT molecular complexity index is 990. The Kier molecular flexibility index (Phi) is 4.89. The van der Waals surface area contributed by atoms with E-state index in [4.69, 9.17) is 4.74 Å². The zero-order chi connectivity index (χ0) is 19.6. The van der Waals surface area contributed by atoms with Gasteiger partial charge in [-0.15, -0.1) is 0 Å². The third kappa shape index (κ3) is 4.30. The van der Waals surface area contributed by atoms with E-state index in [-0.39, 0.29) is 22.8 Å². The summed E-state index contributed by atoms with van der Waals surface area (Å²) in [5.41, 5.74) is 2.18. The molecule has 0 spiro atoms. The molecule has 0 aliphatic rings. The van der Waals surface area contributed by atoms with Crippen LogP contribution in [-0.4, -0.2) is 20.6 Å². The first-order valence-corrected chi connectivity index (χ1v) is 8.18. The number of ether oxygens (including phenoxy) is 1. The number of nitrogens with one attached hydrogen (secondary N) is 1. The minimum atomic E-state index is -0.539. The second-order valence-electron chi connectivity index (χ2n) is 6.14. The van der Waals surface area contributed by atoms with Crippen LogP contribution in [-0.2, 0) is 7.05 Å². The summed E-state index contributed by atoms with van der Waals surface area (Å²) in [6.45, 7) is 3.77. The molecule has 1 heterocycles. The topological polar surface area (TPSA) is 99.3 Å². The molecule has 138 valence electrons. The average Bonchev–Trinajstić information content (AvgIpc) is 2.96. The van der Waals surface area contributed by atoms with Gasteiger partial charge in [-0.05, 0) is 32.0 Å². The number of anilines is 1. The van der Waals surface area contributed by atoms with Crippen LogP contribution in [0, 0.1) is 24.0 Å². The van der Waals surface area contributed by atoms with Crippen LogP contribution < -0.4 is 10.1 Å². The molecule has 3 aromatic rings. The molecule has 0 unspecified atom stereocenters. The summed E-state index contributed by atoms with van der Waals surface area (Å²) in [7, 11) is 1.73. The van der Waals surface area contributed by atoms with E-state index < -0.39 is 10.8 Å². The largest absolute Gasteiger partial charge is 0.457 e. The highest BCUT2D eigenvalue weighted by Crippen LogP contribution is 2.30. The van der Waals surface area contributed by atoms with Crippen molar-refractivity contribution in [3.63, 3.8) is 0 Å². The van der Waals surface area contributed by atoms with Crippen LogP contribution >= 0.6 is 0 Å². The molecule has 8 nitrogen and oxygen atoms in total. The molecule has 0 aliphatic carbocycles. The summed E-state index contributed by atoms with van der Waals surface area (Å²) in [5.74, 6) is 0.333. The molecular weight excluding hydrogens is 348 g/mol. The van der Waals surface area contributed by atoms with Crippen molar-refractivity contribution in [2.24, 2.45) is 7.05 Å². The normalized spacial score (nSPS) is 10.5. The molecule has 1 N–H and O–H groups in total. The van der Waals surface area contributed by atoms with Crippen LogP contribution in [0.2, 0.25) is 0 Å². The standard InChI is InChI=1S/C19H18N4O4/c1-12-4-6-16(7-5-12)27-17-10-14(9-15(11-17)23(25)26)20-19(24)18-8-13(2)22(3)21-18/h4-11H,1-3H3,(H,20,24). The molecule has 0 atom stereocenters. The molecule has 0 fully saturated rings. The highest BCUT2D eigenvalue weighted by Gasteiger charge is 2.16. The first-order valence-electron chi connectivity index (χ1n) is 8.18. The van der Waals surface area contributed by atoms with Crippen molar-refractivity contribution in [3.8, 4) is 11.5 Å². The minimum absolute atomic E-state index is 0.188. The Labute approximate surface area is 155 Å². The number of nitro groups is 1. The predicted molar refractivity (Wildman–Crippen MR) is 100 cm³/mol. The summed E-state index contributed by atoms with van der Waals surface area (Å²) in [6, 6.07) is 13.0. The van der Waals surface area contributed by atoms with Crippen LogP contribution in [0.25, 0.3) is 0 Å². The number of benzene rings is 2. The fraction of sp³-hybridized carbons (Fsp3) is 0.158. The molecule has 1 amide bonds. The number of aryl methyl sites for hydroxylation is 3. The van der Waals surface area contributed by atoms with Crippen LogP contribution in [0.3, 0.4) is 0 Å². The van der Waals surface area contributed by atoms with Gasteiger partial charge in [0.15, 0.2) is 5.69 Å². The lowest BCUT2D eigenvalue weighted by molar-refractivity contribution is -0.384. The minimum Gasteiger partial charge on any atom is -0.457 e. The SMILES string of the molecule is Cc1ccc(Oc2cc(NC(=O)c3cc(C)n(C)n3)cc([N+](=O)[O-])c2)cc1. The number of carbonyl (C=O) groups is 1. The van der Waals surface area contributed by atoms with E-state index in [0.717, 1.165) is 11.3 Å². The van der Waals surface area contributed by atoms with Crippen LogP contribution in [0.1, 0.15) is 21.7 Å². The molecule has 0 radical (unpaired) electrons. The third-order valence-electron chi connectivity index (χ3n) is 3.96. The van der Waals surface area contributed by atoms with Gasteiger partial charge < -0.3 is 10.1 Å². The first kappa shape index (κ1) is 18.1. The van der Waals surface area contributed by atoms with Crippen molar-refractivity contribution in [1.82, 2.24) is 9.78 Å². The number of non-ortho nitro benzene ring substituents is 1. The van der Waals surface area contributed by atoms with E-state index >= 15 is 0 Å². The molecule has 0 saturated heterocycles. The van der Waals surface area contributed by atoms with Gasteiger partial charge in [-0.1, -0.05) is 17.7 Å². The highest BCUT2D eigenvalue weighted by atomic mass is 16.6. The lowest BCUT2D eigenvalue weighted by Gasteiger charge is -2.09. The maximum absolute atomic E-state index is 12.4. The number of nitro benzene ring substituents is 1. The van der Waals surface area contributed by atoms with E-state index in [0.29, 0.717) is 5.75 Å². The van der Waals surface area contributed by atoms with Crippen molar-refractivity contribution in [1.29, 1.82) is 0 Å². The van der Waals surface area contributed by atoms with Gasteiger partial charge >= 0.3 is 0 Å². The van der Waals surface area contributed by atoms with Crippen molar-refractivity contribution in [2.75, 3.05) is 5.32 Å². The van der Waals surface area contributed by atoms with Gasteiger partial charge in [0.2, 0.25) is 0 Å². The molecule has 27 heavy (non-hydrogen) atoms. The maximum Gasteiger partial charge on any atom is 0.276 e. The monoisotopic (exact) mass is 366 g/mol. The smallest absolute Gasteiger partial charge is 0.276 e. The van der Waals surface area contributed by atoms with Crippen LogP contribution in [0.5, 0.6) is 11.5 Å². The van der Waals surface area contributed by atoms with Gasteiger partial charge in [-0.25, -0.2) is 0 Å². The first-order chi connectivity index (χ1) is 12.8. The van der Waals surface area contributed by atoms with Crippen molar-refractivity contribution in [2.45, 2.75) is 13.8 Å². The Morgan fingerprint density at radius 2 is 1.81 bits per heavy atom. The average molecular weight is 366 g/mol.